The fourth-order valence-corrected chi connectivity index (χ4v) is 0.987. The molecule has 3 heteroatoms. The summed E-state index contributed by atoms with van der Waals surface area (Å²) in [6.07, 6.45) is 0. The minimum absolute atomic E-state index is 0.586. The molecule has 0 aliphatic carbocycles. The van der Waals surface area contributed by atoms with E-state index >= 15 is 0 Å². The van der Waals surface area contributed by atoms with Crippen LogP contribution in [0.15, 0.2) is 12.1 Å². The van der Waals surface area contributed by atoms with Gasteiger partial charge in [-0.05, 0) is 25.6 Å². The molecule has 1 aromatic heterocycles. The number of hydrogen-bond acceptors (Lipinski definition) is 3. The first-order chi connectivity index (χ1) is 5.24. The van der Waals surface area contributed by atoms with E-state index in [0.717, 1.165) is 12.2 Å². The van der Waals surface area contributed by atoms with Crippen molar-refractivity contribution in [3.63, 3.8) is 0 Å². The van der Waals surface area contributed by atoms with Crippen molar-refractivity contribution in [1.29, 1.82) is 0 Å². The van der Waals surface area contributed by atoms with Crippen LogP contribution in [0, 0.1) is 6.92 Å². The maximum Gasteiger partial charge on any atom is 0.123 e. The van der Waals surface area contributed by atoms with Crippen LogP contribution in [0.5, 0.6) is 0 Å². The van der Waals surface area contributed by atoms with Crippen LogP contribution in [0.2, 0.25) is 0 Å². The van der Waals surface area contributed by atoms with Crippen LogP contribution in [-0.2, 0) is 6.54 Å². The monoisotopic (exact) mass is 151 g/mol. The van der Waals surface area contributed by atoms with Gasteiger partial charge in [-0.2, -0.15) is 0 Å². The van der Waals surface area contributed by atoms with Crippen molar-refractivity contribution < 1.29 is 0 Å². The Morgan fingerprint density at radius 1 is 1.55 bits per heavy atom. The summed E-state index contributed by atoms with van der Waals surface area (Å²) in [5.41, 5.74) is 7.69. The molecule has 3 N–H and O–H groups in total. The number of nitrogens with zero attached hydrogens (tertiary/aromatic N) is 1. The number of aryl methyl sites for hydroxylation is 1. The molecule has 0 unspecified atom stereocenters. The summed E-state index contributed by atoms with van der Waals surface area (Å²) >= 11 is 0. The van der Waals surface area contributed by atoms with Crippen molar-refractivity contribution in [3.8, 4) is 0 Å². The zero-order chi connectivity index (χ0) is 8.27. The molecule has 3 nitrogen and oxygen atoms in total. The first kappa shape index (κ1) is 8.01. The van der Waals surface area contributed by atoms with Gasteiger partial charge in [-0.15, -0.1) is 0 Å². The number of aromatic nitrogens is 1. The first-order valence-corrected chi connectivity index (χ1v) is 3.60. The van der Waals surface area contributed by atoms with Gasteiger partial charge in [0.25, 0.3) is 0 Å². The second-order valence-corrected chi connectivity index (χ2v) is 2.51. The number of rotatable bonds is 2. The number of hydrogen-bond donors (Lipinski definition) is 2. The molecule has 0 fully saturated rings. The minimum atomic E-state index is 0.586. The summed E-state index contributed by atoms with van der Waals surface area (Å²) in [4.78, 5) is 4.13. The minimum Gasteiger partial charge on any atom is -0.384 e. The van der Waals surface area contributed by atoms with Gasteiger partial charge in [0.2, 0.25) is 0 Å². The second kappa shape index (κ2) is 3.34. The molecule has 0 aromatic carbocycles. The first-order valence-electron chi connectivity index (χ1n) is 3.60. The van der Waals surface area contributed by atoms with Crippen molar-refractivity contribution in [2.45, 2.75) is 13.5 Å². The van der Waals surface area contributed by atoms with Gasteiger partial charge in [0.15, 0.2) is 0 Å². The third-order valence-electron chi connectivity index (χ3n) is 1.58. The van der Waals surface area contributed by atoms with Crippen molar-refractivity contribution in [2.75, 3.05) is 12.8 Å². The Labute approximate surface area is 66.6 Å². The lowest BCUT2D eigenvalue weighted by molar-refractivity contribution is 0.805. The Bertz CT molecular complexity index is 245. The average Bonchev–Trinajstić information content (AvgIpc) is 1.95. The van der Waals surface area contributed by atoms with Gasteiger partial charge < -0.3 is 11.1 Å². The zero-order valence-electron chi connectivity index (χ0n) is 6.89. The molecule has 11 heavy (non-hydrogen) atoms. The molecule has 1 rings (SSSR count). The van der Waals surface area contributed by atoms with Crippen molar-refractivity contribution >= 4 is 5.82 Å². The molecular formula is C8H13N3. The standard InChI is InChI=1S/C8H13N3/c1-6-7(5-10-2)3-4-8(9)11-6/h3-4,10H,5H2,1-2H3,(H2,9,11). The van der Waals surface area contributed by atoms with Gasteiger partial charge in [-0.3, -0.25) is 0 Å². The highest BCUT2D eigenvalue weighted by atomic mass is 14.9. The van der Waals surface area contributed by atoms with Crippen LogP contribution in [-0.4, -0.2) is 12.0 Å². The van der Waals surface area contributed by atoms with Crippen molar-refractivity contribution in [3.05, 3.63) is 23.4 Å². The highest BCUT2D eigenvalue weighted by Gasteiger charge is 1.97. The predicted molar refractivity (Wildman–Crippen MR) is 46.2 cm³/mol. The lowest BCUT2D eigenvalue weighted by Crippen LogP contribution is -2.07. The molecule has 0 aliphatic heterocycles. The van der Waals surface area contributed by atoms with Gasteiger partial charge in [0.1, 0.15) is 5.82 Å². The molecule has 0 aliphatic rings. The van der Waals surface area contributed by atoms with E-state index in [2.05, 4.69) is 10.3 Å². The van der Waals surface area contributed by atoms with Crippen LogP contribution in [0.4, 0.5) is 5.82 Å². The van der Waals surface area contributed by atoms with E-state index in [1.54, 1.807) is 0 Å². The molecule has 0 radical (unpaired) electrons. The molecule has 0 amide bonds. The normalized spacial score (nSPS) is 10.0. The number of nitrogens with one attached hydrogen (secondary N) is 1. The van der Waals surface area contributed by atoms with E-state index in [4.69, 9.17) is 5.73 Å². The van der Waals surface area contributed by atoms with Gasteiger partial charge in [-0.25, -0.2) is 4.98 Å². The molecule has 60 valence electrons. The van der Waals surface area contributed by atoms with Crippen LogP contribution in [0.1, 0.15) is 11.3 Å². The number of nitrogens with two attached hydrogens (primary N) is 1. The smallest absolute Gasteiger partial charge is 0.123 e. The van der Waals surface area contributed by atoms with Crippen LogP contribution < -0.4 is 11.1 Å². The number of anilines is 1. The summed E-state index contributed by atoms with van der Waals surface area (Å²) in [5, 5.41) is 3.06. The van der Waals surface area contributed by atoms with E-state index < -0.39 is 0 Å². The second-order valence-electron chi connectivity index (χ2n) is 2.51. The lowest BCUT2D eigenvalue weighted by Gasteiger charge is -2.03. The maximum atomic E-state index is 5.49. The fraction of sp³-hybridized carbons (Fsp3) is 0.375. The molecule has 0 spiro atoms. The Morgan fingerprint density at radius 2 is 2.27 bits per heavy atom. The van der Waals surface area contributed by atoms with E-state index in [9.17, 15) is 0 Å². The fourth-order valence-electron chi connectivity index (χ4n) is 0.987. The highest BCUT2D eigenvalue weighted by molar-refractivity contribution is 5.33. The SMILES string of the molecule is CNCc1ccc(N)nc1C. The third kappa shape index (κ3) is 1.91. The summed E-state index contributed by atoms with van der Waals surface area (Å²) in [7, 11) is 1.91. The van der Waals surface area contributed by atoms with Gasteiger partial charge in [-0.1, -0.05) is 6.07 Å². The van der Waals surface area contributed by atoms with Crippen molar-refractivity contribution in [1.82, 2.24) is 10.3 Å². The topological polar surface area (TPSA) is 50.9 Å². The van der Waals surface area contributed by atoms with Crippen LogP contribution in [0.25, 0.3) is 0 Å². The summed E-state index contributed by atoms with van der Waals surface area (Å²) in [5.74, 6) is 0.586. The largest absolute Gasteiger partial charge is 0.384 e. The van der Waals surface area contributed by atoms with Crippen molar-refractivity contribution in [2.24, 2.45) is 0 Å². The predicted octanol–water partition coefficient (Wildman–Crippen LogP) is 0.692. The maximum absolute atomic E-state index is 5.49. The van der Waals surface area contributed by atoms with E-state index in [0.29, 0.717) is 5.82 Å². The van der Waals surface area contributed by atoms with Gasteiger partial charge >= 0.3 is 0 Å². The summed E-state index contributed by atoms with van der Waals surface area (Å²) in [6.45, 7) is 2.81. The van der Waals surface area contributed by atoms with Crippen LogP contribution >= 0.6 is 0 Å². The molecular weight excluding hydrogens is 138 g/mol. The number of nitrogen functional groups attached to an aromatic ring is 1. The molecule has 0 saturated carbocycles. The molecule has 0 atom stereocenters. The van der Waals surface area contributed by atoms with E-state index in [-0.39, 0.29) is 0 Å². The Balaban J connectivity index is 2.90. The third-order valence-corrected chi connectivity index (χ3v) is 1.58. The summed E-state index contributed by atoms with van der Waals surface area (Å²) < 4.78 is 0. The van der Waals surface area contributed by atoms with Gasteiger partial charge in [0, 0.05) is 12.2 Å². The molecule has 1 aromatic rings. The quantitative estimate of drug-likeness (QED) is 0.654. The van der Waals surface area contributed by atoms with Gasteiger partial charge in [0.05, 0.1) is 0 Å². The zero-order valence-corrected chi connectivity index (χ0v) is 6.89. The van der Waals surface area contributed by atoms with E-state index in [1.165, 1.54) is 5.56 Å². The Hall–Kier alpha value is -1.09. The summed E-state index contributed by atoms with van der Waals surface area (Å²) in [6, 6.07) is 3.81. The lowest BCUT2D eigenvalue weighted by atomic mass is 10.2. The molecule has 0 saturated heterocycles. The molecule has 1 heterocycles. The average molecular weight is 151 g/mol. The molecule has 0 bridgehead atoms. The number of pyridine rings is 1. The highest BCUT2D eigenvalue weighted by Crippen LogP contribution is 2.06. The Kier molecular flexibility index (Phi) is 2.44. The van der Waals surface area contributed by atoms with Crippen LogP contribution in [0.3, 0.4) is 0 Å². The van der Waals surface area contributed by atoms with E-state index in [1.807, 2.05) is 26.1 Å². The Morgan fingerprint density at radius 3 is 2.82 bits per heavy atom.